The molecule has 0 saturated carbocycles. The number of nitrogens with one attached hydrogen (secondary N) is 2. The average Bonchev–Trinajstić information content (AvgIpc) is 3.16. The van der Waals surface area contributed by atoms with Crippen LogP contribution in [-0.2, 0) is 17.6 Å². The number of anilines is 2. The van der Waals surface area contributed by atoms with Gasteiger partial charge in [-0.15, -0.1) is 11.3 Å². The van der Waals surface area contributed by atoms with E-state index in [-0.39, 0.29) is 11.8 Å². The Hall–Kier alpha value is -1.89. The van der Waals surface area contributed by atoms with Gasteiger partial charge in [-0.3, -0.25) is 14.5 Å². The zero-order valence-corrected chi connectivity index (χ0v) is 18.0. The van der Waals surface area contributed by atoms with Crippen molar-refractivity contribution in [3.05, 3.63) is 45.3 Å². The number of carbonyl (C=O) groups is 2. The molecule has 7 heteroatoms. The first-order valence-electron chi connectivity index (χ1n) is 10.3. The quantitative estimate of drug-likeness (QED) is 0.703. The molecule has 1 aromatic carbocycles. The van der Waals surface area contributed by atoms with Crippen molar-refractivity contribution in [2.45, 2.75) is 44.9 Å². The summed E-state index contributed by atoms with van der Waals surface area (Å²) in [5, 5.41) is 7.12. The number of hydrogen-bond acceptors (Lipinski definition) is 4. The monoisotopic (exact) mass is 431 g/mol. The number of fused-ring (bicyclic) bond motifs is 1. The molecule has 29 heavy (non-hydrogen) atoms. The first-order valence-corrected chi connectivity index (χ1v) is 11.5. The number of likely N-dealkylation sites (tertiary alicyclic amines) is 1. The van der Waals surface area contributed by atoms with Crippen LogP contribution in [0.1, 0.15) is 52.9 Å². The third-order valence-electron chi connectivity index (χ3n) is 5.59. The van der Waals surface area contributed by atoms with Crippen LogP contribution in [-0.4, -0.2) is 36.3 Å². The molecule has 2 aliphatic rings. The minimum atomic E-state index is -0.206. The summed E-state index contributed by atoms with van der Waals surface area (Å²) in [4.78, 5) is 29.2. The normalized spacial score (nSPS) is 16.9. The number of carbonyl (C=O) groups excluding carboxylic acids is 2. The molecule has 1 aliphatic carbocycles. The molecule has 4 rings (SSSR count). The van der Waals surface area contributed by atoms with Crippen molar-refractivity contribution in [3.8, 4) is 0 Å². The van der Waals surface area contributed by atoms with Gasteiger partial charge in [0.25, 0.3) is 5.91 Å². The number of nitrogens with zero attached hydrogens (tertiary/aromatic N) is 1. The summed E-state index contributed by atoms with van der Waals surface area (Å²) in [7, 11) is 0. The second-order valence-corrected chi connectivity index (χ2v) is 9.25. The first-order chi connectivity index (χ1) is 14.1. The van der Waals surface area contributed by atoms with Gasteiger partial charge >= 0.3 is 0 Å². The molecule has 1 aromatic heterocycles. The molecular formula is C22H26ClN3O2S. The molecule has 0 atom stereocenters. The third kappa shape index (κ3) is 4.82. The molecule has 0 bridgehead atoms. The Morgan fingerprint density at radius 2 is 1.76 bits per heavy atom. The van der Waals surface area contributed by atoms with Gasteiger partial charge in [-0.05, 0) is 62.9 Å². The highest BCUT2D eigenvalue weighted by molar-refractivity contribution is 7.17. The Kier molecular flexibility index (Phi) is 6.53. The molecule has 5 nitrogen and oxygen atoms in total. The third-order valence-corrected chi connectivity index (χ3v) is 7.13. The molecular weight excluding hydrogens is 406 g/mol. The molecule has 154 valence electrons. The lowest BCUT2D eigenvalue weighted by Gasteiger charge is -2.19. The largest absolute Gasteiger partial charge is 0.321 e. The standard InChI is InChI=1S/C22H26ClN3O2S/c23-16-9-3-4-10-17(16)24-21(28)20-15-8-7-11-18(15)29-22(20)25-19(27)14-26-12-5-1-2-6-13-26/h3-4,9-10H,1-2,5-8,11-14H2,(H,24,28)(H,25,27). The van der Waals surface area contributed by atoms with Gasteiger partial charge in [0.05, 0.1) is 22.8 Å². The highest BCUT2D eigenvalue weighted by Gasteiger charge is 2.28. The van der Waals surface area contributed by atoms with Gasteiger partial charge in [0.1, 0.15) is 5.00 Å². The zero-order chi connectivity index (χ0) is 20.2. The summed E-state index contributed by atoms with van der Waals surface area (Å²) in [5.74, 6) is -0.249. The predicted molar refractivity (Wildman–Crippen MR) is 119 cm³/mol. The molecule has 2 N–H and O–H groups in total. The fourth-order valence-electron chi connectivity index (χ4n) is 4.14. The van der Waals surface area contributed by atoms with Crippen molar-refractivity contribution in [1.82, 2.24) is 4.90 Å². The number of benzene rings is 1. The molecule has 2 amide bonds. The van der Waals surface area contributed by atoms with Crippen LogP contribution in [0, 0.1) is 0 Å². The van der Waals surface area contributed by atoms with Gasteiger partial charge in [-0.2, -0.15) is 0 Å². The topological polar surface area (TPSA) is 61.4 Å². The van der Waals surface area contributed by atoms with E-state index in [1.807, 2.05) is 12.1 Å². The van der Waals surface area contributed by atoms with Gasteiger partial charge < -0.3 is 10.6 Å². The van der Waals surface area contributed by atoms with E-state index in [4.69, 9.17) is 11.6 Å². The Labute approximate surface area is 180 Å². The smallest absolute Gasteiger partial charge is 0.258 e. The molecule has 1 aliphatic heterocycles. The average molecular weight is 432 g/mol. The molecule has 1 fully saturated rings. The lowest BCUT2D eigenvalue weighted by Crippen LogP contribution is -2.34. The van der Waals surface area contributed by atoms with Crippen LogP contribution in [0.3, 0.4) is 0 Å². The summed E-state index contributed by atoms with van der Waals surface area (Å²) >= 11 is 7.75. The van der Waals surface area contributed by atoms with E-state index in [9.17, 15) is 9.59 Å². The minimum absolute atomic E-state index is 0.0429. The van der Waals surface area contributed by atoms with E-state index >= 15 is 0 Å². The van der Waals surface area contributed by atoms with Crippen LogP contribution < -0.4 is 10.6 Å². The number of aryl methyl sites for hydroxylation is 1. The van der Waals surface area contributed by atoms with Gasteiger partial charge in [-0.25, -0.2) is 0 Å². The summed E-state index contributed by atoms with van der Waals surface area (Å²) < 4.78 is 0. The molecule has 0 radical (unpaired) electrons. The summed E-state index contributed by atoms with van der Waals surface area (Å²) in [5.41, 5.74) is 2.26. The lowest BCUT2D eigenvalue weighted by atomic mass is 10.1. The Morgan fingerprint density at radius 1 is 1.00 bits per heavy atom. The summed E-state index contributed by atoms with van der Waals surface area (Å²) in [6.45, 7) is 2.32. The van der Waals surface area contributed by atoms with E-state index in [1.54, 1.807) is 23.5 Å². The number of halogens is 1. The predicted octanol–water partition coefficient (Wildman–Crippen LogP) is 4.96. The maximum atomic E-state index is 13.1. The SMILES string of the molecule is O=C(CN1CCCCCC1)Nc1sc2c(c1C(=O)Nc1ccccc1Cl)CCC2. The molecule has 2 heterocycles. The molecule has 2 aromatic rings. The van der Waals surface area contributed by atoms with Crippen LogP contribution in [0.5, 0.6) is 0 Å². The Morgan fingerprint density at radius 3 is 2.52 bits per heavy atom. The lowest BCUT2D eigenvalue weighted by molar-refractivity contribution is -0.117. The number of thiophene rings is 1. The maximum Gasteiger partial charge on any atom is 0.258 e. The molecule has 0 unspecified atom stereocenters. The number of hydrogen-bond donors (Lipinski definition) is 2. The van der Waals surface area contributed by atoms with Crippen LogP contribution in [0.4, 0.5) is 10.7 Å². The number of rotatable bonds is 5. The van der Waals surface area contributed by atoms with Gasteiger partial charge in [0, 0.05) is 4.88 Å². The van der Waals surface area contributed by atoms with E-state index in [2.05, 4.69) is 15.5 Å². The first kappa shape index (κ1) is 20.4. The number of amides is 2. The van der Waals surface area contributed by atoms with Crippen LogP contribution in [0.15, 0.2) is 24.3 Å². The Bertz CT molecular complexity index is 903. The summed E-state index contributed by atoms with van der Waals surface area (Å²) in [6, 6.07) is 7.20. The number of para-hydroxylation sites is 1. The van der Waals surface area contributed by atoms with E-state index < -0.39 is 0 Å². The highest BCUT2D eigenvalue weighted by Crippen LogP contribution is 2.39. The van der Waals surface area contributed by atoms with Crippen molar-refractivity contribution < 1.29 is 9.59 Å². The van der Waals surface area contributed by atoms with Gasteiger partial charge in [-0.1, -0.05) is 36.6 Å². The van der Waals surface area contributed by atoms with Gasteiger partial charge in [0.2, 0.25) is 5.91 Å². The Balaban J connectivity index is 1.51. The summed E-state index contributed by atoms with van der Waals surface area (Å²) in [6.07, 6.45) is 7.66. The minimum Gasteiger partial charge on any atom is -0.321 e. The van der Waals surface area contributed by atoms with Crippen molar-refractivity contribution in [2.24, 2.45) is 0 Å². The van der Waals surface area contributed by atoms with E-state index in [0.29, 0.717) is 27.8 Å². The van der Waals surface area contributed by atoms with E-state index in [1.165, 1.54) is 17.7 Å². The van der Waals surface area contributed by atoms with Crippen LogP contribution in [0.2, 0.25) is 5.02 Å². The molecule has 0 spiro atoms. The molecule has 1 saturated heterocycles. The van der Waals surface area contributed by atoms with Crippen molar-refractivity contribution >= 4 is 45.4 Å². The van der Waals surface area contributed by atoms with Crippen molar-refractivity contribution in [1.29, 1.82) is 0 Å². The fraction of sp³-hybridized carbons (Fsp3) is 0.455. The fourth-order valence-corrected chi connectivity index (χ4v) is 5.63. The zero-order valence-electron chi connectivity index (χ0n) is 16.4. The van der Waals surface area contributed by atoms with Gasteiger partial charge in [0.15, 0.2) is 0 Å². The van der Waals surface area contributed by atoms with E-state index in [0.717, 1.165) is 50.8 Å². The second-order valence-electron chi connectivity index (χ2n) is 7.73. The second kappa shape index (κ2) is 9.28. The van der Waals surface area contributed by atoms with Crippen LogP contribution >= 0.6 is 22.9 Å². The van der Waals surface area contributed by atoms with Crippen LogP contribution in [0.25, 0.3) is 0 Å². The highest BCUT2D eigenvalue weighted by atomic mass is 35.5. The maximum absolute atomic E-state index is 13.1. The van der Waals surface area contributed by atoms with Crippen molar-refractivity contribution in [2.75, 3.05) is 30.3 Å². The van der Waals surface area contributed by atoms with Crippen molar-refractivity contribution in [3.63, 3.8) is 0 Å².